The van der Waals surface area contributed by atoms with Crippen molar-refractivity contribution in [3.05, 3.63) is 24.3 Å². The van der Waals surface area contributed by atoms with Crippen molar-refractivity contribution in [1.82, 2.24) is 0 Å². The molecule has 0 heterocycles. The van der Waals surface area contributed by atoms with Crippen molar-refractivity contribution >= 4 is 6.16 Å². The highest BCUT2D eigenvalue weighted by Crippen LogP contribution is 2.17. The van der Waals surface area contributed by atoms with Gasteiger partial charge in [0.05, 0.1) is 6.61 Å². The maximum Gasteiger partial charge on any atom is 0.555 e. The molecule has 1 rings (SSSR count). The van der Waals surface area contributed by atoms with Crippen LogP contribution in [0.3, 0.4) is 0 Å². The number of rotatable bonds is 5. The SMILES string of the molecule is CCCCOc1ccc(OC([O])=O)cc1. The van der Waals surface area contributed by atoms with Crippen molar-refractivity contribution in [3.63, 3.8) is 0 Å². The topological polar surface area (TPSA) is 55.4 Å². The zero-order chi connectivity index (χ0) is 11.1. The van der Waals surface area contributed by atoms with Crippen LogP contribution in [0.25, 0.3) is 0 Å². The molecule has 0 spiro atoms. The highest BCUT2D eigenvalue weighted by atomic mass is 16.7. The first-order chi connectivity index (χ1) is 7.22. The molecule has 0 unspecified atom stereocenters. The van der Waals surface area contributed by atoms with E-state index in [1.165, 1.54) is 12.1 Å². The summed E-state index contributed by atoms with van der Waals surface area (Å²) in [6.45, 7) is 2.75. The molecule has 1 aromatic carbocycles. The molecule has 0 fully saturated rings. The zero-order valence-corrected chi connectivity index (χ0v) is 8.56. The van der Waals surface area contributed by atoms with Gasteiger partial charge in [0.2, 0.25) is 0 Å². The molecule has 0 aliphatic rings. The van der Waals surface area contributed by atoms with Gasteiger partial charge in [-0.1, -0.05) is 13.3 Å². The molecule has 0 amide bonds. The Hall–Kier alpha value is -1.71. The zero-order valence-electron chi connectivity index (χ0n) is 8.56. The molecule has 0 aromatic heterocycles. The van der Waals surface area contributed by atoms with E-state index in [0.717, 1.165) is 12.8 Å². The molecule has 0 N–H and O–H groups in total. The third kappa shape index (κ3) is 4.35. The van der Waals surface area contributed by atoms with E-state index in [4.69, 9.17) is 4.74 Å². The molecule has 0 saturated carbocycles. The van der Waals surface area contributed by atoms with Gasteiger partial charge in [0, 0.05) is 0 Å². The van der Waals surface area contributed by atoms with E-state index in [1.807, 2.05) is 0 Å². The minimum Gasteiger partial charge on any atom is -0.494 e. The smallest absolute Gasteiger partial charge is 0.494 e. The molecule has 1 radical (unpaired) electrons. The van der Waals surface area contributed by atoms with Crippen LogP contribution >= 0.6 is 0 Å². The van der Waals surface area contributed by atoms with Crippen molar-refractivity contribution in [1.29, 1.82) is 0 Å². The van der Waals surface area contributed by atoms with Crippen molar-refractivity contribution < 1.29 is 19.4 Å². The Morgan fingerprint density at radius 2 is 1.80 bits per heavy atom. The molecule has 0 aliphatic carbocycles. The Morgan fingerprint density at radius 1 is 1.20 bits per heavy atom. The van der Waals surface area contributed by atoms with Gasteiger partial charge in [-0.25, -0.2) is 0 Å². The maximum absolute atomic E-state index is 10.1. The highest BCUT2D eigenvalue weighted by molar-refractivity contribution is 5.60. The second-order valence-electron chi connectivity index (χ2n) is 3.03. The van der Waals surface area contributed by atoms with Crippen LogP contribution in [0.2, 0.25) is 0 Å². The van der Waals surface area contributed by atoms with Crippen LogP contribution in [0.5, 0.6) is 11.5 Å². The lowest BCUT2D eigenvalue weighted by Crippen LogP contribution is -2.01. The van der Waals surface area contributed by atoms with E-state index in [-0.39, 0.29) is 5.75 Å². The Balaban J connectivity index is 2.45. The first kappa shape index (κ1) is 11.4. The lowest BCUT2D eigenvalue weighted by Gasteiger charge is -2.05. The fourth-order valence-corrected chi connectivity index (χ4v) is 1.03. The van der Waals surface area contributed by atoms with Crippen LogP contribution in [0, 0.1) is 0 Å². The fourth-order valence-electron chi connectivity index (χ4n) is 1.03. The summed E-state index contributed by atoms with van der Waals surface area (Å²) in [5.41, 5.74) is 0. The van der Waals surface area contributed by atoms with Crippen molar-refractivity contribution in [3.8, 4) is 11.5 Å². The average molecular weight is 209 g/mol. The molecule has 0 saturated heterocycles. The van der Waals surface area contributed by atoms with E-state index in [9.17, 15) is 9.90 Å². The monoisotopic (exact) mass is 209 g/mol. The molecule has 0 atom stereocenters. The summed E-state index contributed by atoms with van der Waals surface area (Å²) in [5.74, 6) is 0.937. The minimum absolute atomic E-state index is 0.234. The molecule has 0 bridgehead atoms. The van der Waals surface area contributed by atoms with Gasteiger partial charge in [0.1, 0.15) is 11.5 Å². The van der Waals surface area contributed by atoms with Crippen LogP contribution in [-0.4, -0.2) is 12.8 Å². The molecular weight excluding hydrogens is 196 g/mol. The molecule has 81 valence electrons. The summed E-state index contributed by atoms with van der Waals surface area (Å²) in [7, 11) is 0. The third-order valence-corrected chi connectivity index (χ3v) is 1.79. The average Bonchev–Trinajstić information content (AvgIpc) is 2.20. The van der Waals surface area contributed by atoms with Gasteiger partial charge in [0.25, 0.3) is 0 Å². The summed E-state index contributed by atoms with van der Waals surface area (Å²) in [5, 5.41) is 10.1. The summed E-state index contributed by atoms with van der Waals surface area (Å²) in [4.78, 5) is 10.1. The highest BCUT2D eigenvalue weighted by Gasteiger charge is 2.02. The van der Waals surface area contributed by atoms with Crippen molar-refractivity contribution in [2.45, 2.75) is 19.8 Å². The Bertz CT molecular complexity index is 305. The Morgan fingerprint density at radius 3 is 2.33 bits per heavy atom. The molecule has 15 heavy (non-hydrogen) atoms. The predicted molar refractivity (Wildman–Crippen MR) is 53.6 cm³/mol. The van der Waals surface area contributed by atoms with Gasteiger partial charge in [-0.3, -0.25) is 0 Å². The van der Waals surface area contributed by atoms with Gasteiger partial charge < -0.3 is 9.47 Å². The van der Waals surface area contributed by atoms with E-state index in [1.54, 1.807) is 12.1 Å². The van der Waals surface area contributed by atoms with Gasteiger partial charge in [-0.15, -0.1) is 0 Å². The van der Waals surface area contributed by atoms with Crippen molar-refractivity contribution in [2.24, 2.45) is 0 Å². The summed E-state index contributed by atoms with van der Waals surface area (Å²) in [6.07, 6.45) is 0.512. The Kier molecular flexibility index (Phi) is 4.47. The molecule has 0 aliphatic heterocycles. The van der Waals surface area contributed by atoms with Crippen LogP contribution in [0.4, 0.5) is 4.79 Å². The summed E-state index contributed by atoms with van der Waals surface area (Å²) >= 11 is 0. The number of unbranched alkanes of at least 4 members (excludes halogenated alkanes) is 1. The number of ether oxygens (including phenoxy) is 2. The van der Waals surface area contributed by atoms with Crippen LogP contribution in [0.15, 0.2) is 24.3 Å². The normalized spacial score (nSPS) is 9.67. The number of hydrogen-bond acceptors (Lipinski definition) is 3. The third-order valence-electron chi connectivity index (χ3n) is 1.79. The summed E-state index contributed by atoms with van der Waals surface area (Å²) in [6, 6.07) is 6.37. The summed E-state index contributed by atoms with van der Waals surface area (Å²) < 4.78 is 9.73. The fraction of sp³-hybridized carbons (Fsp3) is 0.364. The van der Waals surface area contributed by atoms with E-state index in [2.05, 4.69) is 11.7 Å². The lowest BCUT2D eigenvalue weighted by atomic mass is 10.3. The van der Waals surface area contributed by atoms with Crippen LogP contribution < -0.4 is 9.47 Å². The predicted octanol–water partition coefficient (Wildman–Crippen LogP) is 2.79. The van der Waals surface area contributed by atoms with E-state index < -0.39 is 6.16 Å². The lowest BCUT2D eigenvalue weighted by molar-refractivity contribution is 0.117. The number of benzene rings is 1. The van der Waals surface area contributed by atoms with Gasteiger partial charge in [0.15, 0.2) is 0 Å². The second kappa shape index (κ2) is 5.90. The minimum atomic E-state index is -1.56. The van der Waals surface area contributed by atoms with Gasteiger partial charge in [-0.2, -0.15) is 9.90 Å². The number of hydrogen-bond donors (Lipinski definition) is 0. The van der Waals surface area contributed by atoms with Crippen LogP contribution in [0.1, 0.15) is 19.8 Å². The second-order valence-corrected chi connectivity index (χ2v) is 3.03. The quantitative estimate of drug-likeness (QED) is 0.425. The number of carbonyl (C=O) groups excluding carboxylic acids is 1. The van der Waals surface area contributed by atoms with E-state index in [0.29, 0.717) is 12.4 Å². The largest absolute Gasteiger partial charge is 0.555 e. The molecule has 1 aromatic rings. The maximum atomic E-state index is 10.1. The first-order valence-corrected chi connectivity index (χ1v) is 4.84. The Labute approximate surface area is 88.4 Å². The molecule has 4 nitrogen and oxygen atoms in total. The molecular formula is C11H13O4. The standard InChI is InChI=1S/C11H13O4/c1-2-3-8-14-9-4-6-10(7-5-9)15-11(12)13/h4-7H,2-3,8H2,1H3. The van der Waals surface area contributed by atoms with Gasteiger partial charge >= 0.3 is 6.16 Å². The molecule has 4 heteroatoms. The number of carbonyl (C=O) groups is 1. The van der Waals surface area contributed by atoms with E-state index >= 15 is 0 Å². The van der Waals surface area contributed by atoms with Gasteiger partial charge in [-0.05, 0) is 30.7 Å². The first-order valence-electron chi connectivity index (χ1n) is 4.84. The van der Waals surface area contributed by atoms with Crippen molar-refractivity contribution in [2.75, 3.05) is 6.61 Å². The van der Waals surface area contributed by atoms with Crippen LogP contribution in [-0.2, 0) is 5.11 Å².